The van der Waals surface area contributed by atoms with E-state index in [0.29, 0.717) is 6.54 Å². The zero-order valence-electron chi connectivity index (χ0n) is 12.3. The van der Waals surface area contributed by atoms with Gasteiger partial charge in [0.05, 0.1) is 0 Å². The fourth-order valence-corrected chi connectivity index (χ4v) is 2.23. The van der Waals surface area contributed by atoms with Crippen LogP contribution in [-0.2, 0) is 6.18 Å². The van der Waals surface area contributed by atoms with Crippen LogP contribution >= 0.6 is 11.8 Å². The highest BCUT2D eigenvalue weighted by molar-refractivity contribution is 7.98. The van der Waals surface area contributed by atoms with Crippen LogP contribution in [0.4, 0.5) is 24.8 Å². The van der Waals surface area contributed by atoms with Crippen LogP contribution in [-0.4, -0.2) is 35.6 Å². The molecule has 0 saturated heterocycles. The molecule has 120 valence electrons. The van der Waals surface area contributed by atoms with Crippen LogP contribution in [0.5, 0.6) is 0 Å². The molecule has 0 aliphatic rings. The maximum absolute atomic E-state index is 12.7. The molecule has 1 aromatic rings. The van der Waals surface area contributed by atoms with Gasteiger partial charge in [-0.3, -0.25) is 0 Å². The Morgan fingerprint density at radius 1 is 1.10 bits per heavy atom. The topological polar surface area (TPSA) is 49.8 Å². The van der Waals surface area contributed by atoms with Gasteiger partial charge in [0.1, 0.15) is 11.6 Å². The molecule has 0 saturated carbocycles. The van der Waals surface area contributed by atoms with Crippen molar-refractivity contribution in [2.75, 3.05) is 36.2 Å². The summed E-state index contributed by atoms with van der Waals surface area (Å²) in [7, 11) is 1.53. The average molecular weight is 322 g/mol. The molecular formula is C13H21F3N4S. The lowest BCUT2D eigenvalue weighted by molar-refractivity contribution is -0.144. The van der Waals surface area contributed by atoms with Crippen LogP contribution in [0, 0.1) is 0 Å². The summed E-state index contributed by atoms with van der Waals surface area (Å²) in [4.78, 5) is 6.92. The molecule has 0 spiro atoms. The van der Waals surface area contributed by atoms with Crippen molar-refractivity contribution in [3.63, 3.8) is 0 Å². The number of rotatable bonds is 9. The second-order valence-electron chi connectivity index (χ2n) is 4.54. The highest BCUT2D eigenvalue weighted by Gasteiger charge is 2.35. The van der Waals surface area contributed by atoms with E-state index in [0.717, 1.165) is 25.0 Å². The highest BCUT2D eigenvalue weighted by atomic mass is 32.2. The lowest BCUT2D eigenvalue weighted by Crippen LogP contribution is -2.15. The van der Waals surface area contributed by atoms with Gasteiger partial charge in [-0.25, -0.2) is 9.97 Å². The van der Waals surface area contributed by atoms with Gasteiger partial charge in [-0.2, -0.15) is 24.9 Å². The maximum atomic E-state index is 12.7. The lowest BCUT2D eigenvalue weighted by atomic mass is 10.2. The first-order chi connectivity index (χ1) is 9.97. The summed E-state index contributed by atoms with van der Waals surface area (Å²) in [6, 6.07) is 1.48. The molecule has 1 heterocycles. The van der Waals surface area contributed by atoms with Crippen molar-refractivity contribution in [2.24, 2.45) is 0 Å². The van der Waals surface area contributed by atoms with E-state index in [-0.39, 0.29) is 11.6 Å². The van der Waals surface area contributed by atoms with Gasteiger partial charge in [-0.05, 0) is 24.9 Å². The Hall–Kier alpha value is -1.18. The molecule has 0 aliphatic carbocycles. The van der Waals surface area contributed by atoms with E-state index >= 15 is 0 Å². The lowest BCUT2D eigenvalue weighted by Gasteiger charge is -2.11. The Bertz CT molecular complexity index is 426. The molecule has 21 heavy (non-hydrogen) atoms. The van der Waals surface area contributed by atoms with Gasteiger partial charge in [0.2, 0.25) is 5.82 Å². The van der Waals surface area contributed by atoms with Crippen molar-refractivity contribution >= 4 is 23.4 Å². The molecule has 4 nitrogen and oxygen atoms in total. The normalized spacial score (nSPS) is 11.5. The number of aromatic nitrogens is 2. The zero-order chi connectivity index (χ0) is 15.7. The van der Waals surface area contributed by atoms with Gasteiger partial charge >= 0.3 is 6.18 Å². The summed E-state index contributed by atoms with van der Waals surface area (Å²) in [5, 5.41) is 5.54. The molecule has 2 N–H and O–H groups in total. The first-order valence-corrected chi connectivity index (χ1v) is 8.23. The number of unbranched alkanes of at least 4 members (excludes halogenated alkanes) is 3. The van der Waals surface area contributed by atoms with E-state index in [9.17, 15) is 13.2 Å². The fourth-order valence-electron chi connectivity index (χ4n) is 1.73. The van der Waals surface area contributed by atoms with Crippen molar-refractivity contribution < 1.29 is 13.2 Å². The molecule has 1 rings (SSSR count). The first-order valence-electron chi connectivity index (χ1n) is 6.84. The number of thioether (sulfide) groups is 1. The Balaban J connectivity index is 2.47. The molecule has 1 aromatic heterocycles. The predicted molar refractivity (Wildman–Crippen MR) is 81.9 cm³/mol. The summed E-state index contributed by atoms with van der Waals surface area (Å²) < 4.78 is 38.0. The van der Waals surface area contributed by atoms with Crippen molar-refractivity contribution in [2.45, 2.75) is 31.9 Å². The number of halogens is 3. The smallest absolute Gasteiger partial charge is 0.373 e. The van der Waals surface area contributed by atoms with Crippen LogP contribution in [0.25, 0.3) is 0 Å². The fraction of sp³-hybridized carbons (Fsp3) is 0.692. The largest absolute Gasteiger partial charge is 0.451 e. The van der Waals surface area contributed by atoms with Gasteiger partial charge < -0.3 is 10.6 Å². The molecule has 0 aliphatic heterocycles. The zero-order valence-corrected chi connectivity index (χ0v) is 13.1. The number of anilines is 2. The molecule has 8 heteroatoms. The SMILES string of the molecule is CNc1cc(NCCCCCCSC)nc(C(F)(F)F)n1. The second kappa shape index (κ2) is 8.96. The standard InChI is InChI=1S/C13H21F3N4S/c1-17-10-9-11(20-12(19-10)13(14,15)16)18-7-5-3-4-6-8-21-2/h9H,3-8H2,1-2H3,(H2,17,18,19,20). The van der Waals surface area contributed by atoms with E-state index in [1.807, 2.05) is 11.8 Å². The van der Waals surface area contributed by atoms with E-state index in [1.54, 1.807) is 0 Å². The number of alkyl halides is 3. The Kier molecular flexibility index (Phi) is 7.63. The monoisotopic (exact) mass is 322 g/mol. The molecule has 0 amide bonds. The number of hydrogen-bond donors (Lipinski definition) is 2. The molecule has 0 unspecified atom stereocenters. The third-order valence-corrected chi connectivity index (χ3v) is 3.51. The summed E-state index contributed by atoms with van der Waals surface area (Å²) in [5.41, 5.74) is 0. The summed E-state index contributed by atoms with van der Waals surface area (Å²) in [5.74, 6) is 0.377. The predicted octanol–water partition coefficient (Wildman–Crippen LogP) is 3.87. The maximum Gasteiger partial charge on any atom is 0.451 e. The third kappa shape index (κ3) is 6.88. The summed E-state index contributed by atoms with van der Waals surface area (Å²) >= 11 is 1.82. The van der Waals surface area contributed by atoms with Crippen molar-refractivity contribution in [1.29, 1.82) is 0 Å². The summed E-state index contributed by atoms with van der Waals surface area (Å²) in [6.45, 7) is 0.608. The molecule has 0 fully saturated rings. The Morgan fingerprint density at radius 3 is 2.38 bits per heavy atom. The minimum absolute atomic E-state index is 0.153. The third-order valence-electron chi connectivity index (χ3n) is 2.82. The number of nitrogens with one attached hydrogen (secondary N) is 2. The molecule has 0 bridgehead atoms. The van der Waals surface area contributed by atoms with E-state index < -0.39 is 12.0 Å². The van der Waals surface area contributed by atoms with E-state index in [2.05, 4.69) is 26.9 Å². The van der Waals surface area contributed by atoms with Crippen LogP contribution in [0.3, 0.4) is 0 Å². The van der Waals surface area contributed by atoms with Crippen molar-refractivity contribution in [1.82, 2.24) is 9.97 Å². The minimum atomic E-state index is -4.54. The first kappa shape index (κ1) is 17.9. The van der Waals surface area contributed by atoms with Crippen LogP contribution in [0.15, 0.2) is 6.07 Å². The average Bonchev–Trinajstić information content (AvgIpc) is 2.45. The van der Waals surface area contributed by atoms with Gasteiger partial charge in [-0.1, -0.05) is 12.8 Å². The van der Waals surface area contributed by atoms with Gasteiger partial charge in [0.15, 0.2) is 0 Å². The summed E-state index contributed by atoms with van der Waals surface area (Å²) in [6.07, 6.45) is 1.83. The van der Waals surface area contributed by atoms with Crippen LogP contribution < -0.4 is 10.6 Å². The minimum Gasteiger partial charge on any atom is -0.373 e. The van der Waals surface area contributed by atoms with E-state index in [4.69, 9.17) is 0 Å². The highest BCUT2D eigenvalue weighted by Crippen LogP contribution is 2.28. The van der Waals surface area contributed by atoms with Crippen LogP contribution in [0.1, 0.15) is 31.5 Å². The number of nitrogens with zero attached hydrogens (tertiary/aromatic N) is 2. The van der Waals surface area contributed by atoms with Crippen molar-refractivity contribution in [3.05, 3.63) is 11.9 Å². The Labute approximate surface area is 127 Å². The van der Waals surface area contributed by atoms with E-state index in [1.165, 1.54) is 19.5 Å². The second-order valence-corrected chi connectivity index (χ2v) is 5.53. The van der Waals surface area contributed by atoms with Crippen LogP contribution in [0.2, 0.25) is 0 Å². The quantitative estimate of drug-likeness (QED) is 0.676. The molecular weight excluding hydrogens is 301 g/mol. The van der Waals surface area contributed by atoms with Gasteiger partial charge in [-0.15, -0.1) is 0 Å². The van der Waals surface area contributed by atoms with Crippen molar-refractivity contribution in [3.8, 4) is 0 Å². The molecule has 0 aromatic carbocycles. The number of hydrogen-bond acceptors (Lipinski definition) is 5. The molecule has 0 atom stereocenters. The van der Waals surface area contributed by atoms with Gasteiger partial charge in [0, 0.05) is 19.7 Å². The Morgan fingerprint density at radius 2 is 1.76 bits per heavy atom. The molecule has 0 radical (unpaired) electrons. The van der Waals surface area contributed by atoms with Gasteiger partial charge in [0.25, 0.3) is 0 Å².